The van der Waals surface area contributed by atoms with Crippen LogP contribution in [0.3, 0.4) is 0 Å². The molecule has 0 aromatic carbocycles. The summed E-state index contributed by atoms with van der Waals surface area (Å²) in [6, 6.07) is 0.386. The van der Waals surface area contributed by atoms with Crippen molar-refractivity contribution in [2.45, 2.75) is 52.6 Å². The zero-order chi connectivity index (χ0) is 12.6. The van der Waals surface area contributed by atoms with Gasteiger partial charge in [-0.2, -0.15) is 0 Å². The number of hydrogen-bond donors (Lipinski definition) is 1. The summed E-state index contributed by atoms with van der Waals surface area (Å²) >= 11 is 0. The Morgan fingerprint density at radius 1 is 1.19 bits per heavy atom. The Morgan fingerprint density at radius 2 is 1.75 bits per heavy atom. The van der Waals surface area contributed by atoms with Crippen molar-refractivity contribution >= 4 is 0 Å². The maximum Gasteiger partial charge on any atom is 0.0633 e. The molecule has 3 nitrogen and oxygen atoms in total. The molecule has 16 heavy (non-hydrogen) atoms. The zero-order valence-corrected chi connectivity index (χ0v) is 12.0. The summed E-state index contributed by atoms with van der Waals surface area (Å²) in [6.45, 7) is 15.2. The van der Waals surface area contributed by atoms with Gasteiger partial charge in [-0.25, -0.2) is 0 Å². The number of nitrogens with one attached hydrogen (secondary N) is 1. The van der Waals surface area contributed by atoms with Gasteiger partial charge in [0.25, 0.3) is 0 Å². The summed E-state index contributed by atoms with van der Waals surface area (Å²) in [5.74, 6) is 0. The van der Waals surface area contributed by atoms with E-state index in [-0.39, 0.29) is 5.54 Å². The molecule has 0 aliphatic heterocycles. The van der Waals surface area contributed by atoms with E-state index in [1.54, 1.807) is 7.11 Å². The van der Waals surface area contributed by atoms with Crippen LogP contribution in [0.1, 0.15) is 41.0 Å². The van der Waals surface area contributed by atoms with E-state index in [1.165, 1.54) is 0 Å². The largest absolute Gasteiger partial charge is 0.383 e. The van der Waals surface area contributed by atoms with E-state index in [4.69, 9.17) is 4.74 Å². The van der Waals surface area contributed by atoms with Crippen LogP contribution < -0.4 is 5.32 Å². The van der Waals surface area contributed by atoms with E-state index in [9.17, 15) is 0 Å². The molecule has 0 fully saturated rings. The first-order chi connectivity index (χ1) is 7.54. The van der Waals surface area contributed by atoms with Crippen LogP contribution in [0.4, 0.5) is 0 Å². The third kappa shape index (κ3) is 4.40. The molecular formula is C13H30N2O. The maximum atomic E-state index is 5.34. The smallest absolute Gasteiger partial charge is 0.0633 e. The highest BCUT2D eigenvalue weighted by atomic mass is 16.5. The molecule has 0 saturated heterocycles. The van der Waals surface area contributed by atoms with Gasteiger partial charge < -0.3 is 10.1 Å². The first kappa shape index (κ1) is 15.9. The Kier molecular flexibility index (Phi) is 7.98. The van der Waals surface area contributed by atoms with Gasteiger partial charge in [-0.1, -0.05) is 20.8 Å². The van der Waals surface area contributed by atoms with Gasteiger partial charge in [0.2, 0.25) is 0 Å². The molecule has 0 bridgehead atoms. The number of ether oxygens (including phenoxy) is 1. The van der Waals surface area contributed by atoms with Gasteiger partial charge in [0, 0.05) is 18.7 Å². The average molecular weight is 230 g/mol. The van der Waals surface area contributed by atoms with E-state index in [0.29, 0.717) is 6.04 Å². The number of rotatable bonds is 9. The zero-order valence-electron chi connectivity index (χ0n) is 12.0. The third-order valence-electron chi connectivity index (χ3n) is 3.41. The molecule has 0 spiro atoms. The summed E-state index contributed by atoms with van der Waals surface area (Å²) < 4.78 is 5.34. The first-order valence-electron chi connectivity index (χ1n) is 6.51. The molecule has 0 rings (SSSR count). The predicted molar refractivity (Wildman–Crippen MR) is 71.0 cm³/mol. The number of hydrogen-bond acceptors (Lipinski definition) is 3. The average Bonchev–Trinajstić information content (AvgIpc) is 2.25. The Morgan fingerprint density at radius 3 is 2.12 bits per heavy atom. The van der Waals surface area contributed by atoms with Crippen LogP contribution in [0.5, 0.6) is 0 Å². The minimum Gasteiger partial charge on any atom is -0.383 e. The fraction of sp³-hybridized carbons (Fsp3) is 1.00. The molecule has 0 aromatic heterocycles. The van der Waals surface area contributed by atoms with Gasteiger partial charge in [-0.3, -0.25) is 4.90 Å². The summed E-state index contributed by atoms with van der Waals surface area (Å²) in [4.78, 5) is 2.49. The van der Waals surface area contributed by atoms with Crippen LogP contribution in [0.25, 0.3) is 0 Å². The molecule has 0 aliphatic carbocycles. The van der Waals surface area contributed by atoms with Crippen molar-refractivity contribution in [3.05, 3.63) is 0 Å². The Bertz CT molecular complexity index is 167. The fourth-order valence-corrected chi connectivity index (χ4v) is 2.26. The highest BCUT2D eigenvalue weighted by Crippen LogP contribution is 2.19. The fourth-order valence-electron chi connectivity index (χ4n) is 2.26. The second-order valence-electron chi connectivity index (χ2n) is 4.79. The molecule has 0 radical (unpaired) electrons. The lowest BCUT2D eigenvalue weighted by Crippen LogP contribution is -2.59. The van der Waals surface area contributed by atoms with Crippen LogP contribution in [0.2, 0.25) is 0 Å². The molecule has 1 unspecified atom stereocenters. The summed E-state index contributed by atoms with van der Waals surface area (Å²) in [7, 11) is 1.78. The van der Waals surface area contributed by atoms with Gasteiger partial charge in [0.15, 0.2) is 0 Å². The quantitative estimate of drug-likeness (QED) is 0.656. The molecule has 1 N–H and O–H groups in total. The second kappa shape index (κ2) is 8.04. The van der Waals surface area contributed by atoms with E-state index < -0.39 is 0 Å². The van der Waals surface area contributed by atoms with E-state index >= 15 is 0 Å². The topological polar surface area (TPSA) is 24.5 Å². The van der Waals surface area contributed by atoms with Crippen molar-refractivity contribution in [1.29, 1.82) is 0 Å². The molecule has 0 amide bonds. The number of methoxy groups -OCH3 is 1. The lowest BCUT2D eigenvalue weighted by molar-refractivity contribution is 0.0468. The summed E-state index contributed by atoms with van der Waals surface area (Å²) in [5.41, 5.74) is 0.134. The number of likely N-dealkylation sites (N-methyl/N-ethyl adjacent to an activating group) is 1. The highest BCUT2D eigenvalue weighted by molar-refractivity contribution is 4.93. The van der Waals surface area contributed by atoms with Crippen molar-refractivity contribution in [2.75, 3.05) is 33.4 Å². The van der Waals surface area contributed by atoms with Gasteiger partial charge in [0.1, 0.15) is 0 Å². The molecule has 3 heteroatoms. The minimum atomic E-state index is 0.134. The van der Waals surface area contributed by atoms with Crippen molar-refractivity contribution in [1.82, 2.24) is 10.2 Å². The standard InChI is InChI=1S/C13H30N2O/c1-7-10-14-12(11-16-6)13(4,5)15(8-2)9-3/h12,14H,7-11H2,1-6H3. The molecule has 0 aliphatic rings. The molecule has 98 valence electrons. The van der Waals surface area contributed by atoms with Crippen LogP contribution in [0.15, 0.2) is 0 Å². The van der Waals surface area contributed by atoms with Gasteiger partial charge >= 0.3 is 0 Å². The van der Waals surface area contributed by atoms with Gasteiger partial charge in [-0.15, -0.1) is 0 Å². The Balaban J connectivity index is 4.57. The minimum absolute atomic E-state index is 0.134. The van der Waals surface area contributed by atoms with Crippen molar-refractivity contribution < 1.29 is 4.74 Å². The molecule has 0 aromatic rings. The number of nitrogens with zero attached hydrogens (tertiary/aromatic N) is 1. The third-order valence-corrected chi connectivity index (χ3v) is 3.41. The first-order valence-corrected chi connectivity index (χ1v) is 6.51. The van der Waals surface area contributed by atoms with Gasteiger partial charge in [-0.05, 0) is 39.9 Å². The van der Waals surface area contributed by atoms with Crippen LogP contribution >= 0.6 is 0 Å². The Hall–Kier alpha value is -0.120. The SMILES string of the molecule is CCCNC(COC)C(C)(C)N(CC)CC. The van der Waals surface area contributed by atoms with Crippen LogP contribution in [-0.2, 0) is 4.74 Å². The lowest BCUT2D eigenvalue weighted by atomic mass is 9.92. The normalized spacial score (nSPS) is 14.4. The van der Waals surface area contributed by atoms with Crippen molar-refractivity contribution in [2.24, 2.45) is 0 Å². The second-order valence-corrected chi connectivity index (χ2v) is 4.79. The monoisotopic (exact) mass is 230 g/mol. The highest BCUT2D eigenvalue weighted by Gasteiger charge is 2.33. The lowest BCUT2D eigenvalue weighted by Gasteiger charge is -2.43. The van der Waals surface area contributed by atoms with Gasteiger partial charge in [0.05, 0.1) is 6.61 Å². The molecular weight excluding hydrogens is 200 g/mol. The van der Waals surface area contributed by atoms with E-state index in [1.807, 2.05) is 0 Å². The molecule has 0 heterocycles. The van der Waals surface area contributed by atoms with Crippen LogP contribution in [0, 0.1) is 0 Å². The van der Waals surface area contributed by atoms with E-state index in [0.717, 1.165) is 32.7 Å². The summed E-state index contributed by atoms with van der Waals surface area (Å²) in [6.07, 6.45) is 1.16. The predicted octanol–water partition coefficient (Wildman–Crippen LogP) is 2.12. The van der Waals surface area contributed by atoms with Crippen molar-refractivity contribution in [3.63, 3.8) is 0 Å². The maximum absolute atomic E-state index is 5.34. The Labute approximate surface area is 102 Å². The molecule has 0 saturated carbocycles. The van der Waals surface area contributed by atoms with Crippen LogP contribution in [-0.4, -0.2) is 49.8 Å². The molecule has 1 atom stereocenters. The van der Waals surface area contributed by atoms with Crippen molar-refractivity contribution in [3.8, 4) is 0 Å². The summed E-state index contributed by atoms with van der Waals surface area (Å²) in [5, 5.41) is 3.59. The van der Waals surface area contributed by atoms with E-state index in [2.05, 4.69) is 44.8 Å².